The molecule has 0 aliphatic carbocycles. The third-order valence-corrected chi connectivity index (χ3v) is 2.92. The maximum absolute atomic E-state index is 10.9. The minimum Gasteiger partial charge on any atom is -0.478 e. The van der Waals surface area contributed by atoms with Crippen molar-refractivity contribution in [3.8, 4) is 17.3 Å². The van der Waals surface area contributed by atoms with E-state index in [1.54, 1.807) is 35.0 Å². The summed E-state index contributed by atoms with van der Waals surface area (Å²) in [6, 6.07) is 10.5. The van der Waals surface area contributed by atoms with Crippen LogP contribution in [0.4, 0.5) is 0 Å². The average Bonchev–Trinajstić information content (AvgIpc) is 2.90. The summed E-state index contributed by atoms with van der Waals surface area (Å²) in [4.78, 5) is 15.0. The molecule has 6 heteroatoms. The number of fused-ring (bicyclic) bond motifs is 1. The van der Waals surface area contributed by atoms with Gasteiger partial charge in [-0.15, -0.1) is 0 Å². The molecule has 0 unspecified atom stereocenters. The number of carboxylic acid groups (broad SMARTS) is 1. The van der Waals surface area contributed by atoms with Crippen LogP contribution in [0.3, 0.4) is 0 Å². The van der Waals surface area contributed by atoms with E-state index in [4.69, 9.17) is 10.4 Å². The fourth-order valence-corrected chi connectivity index (χ4v) is 1.91. The molecule has 2 aromatic heterocycles. The van der Waals surface area contributed by atoms with Crippen LogP contribution in [0.1, 0.15) is 15.9 Å². The molecule has 0 atom stereocenters. The van der Waals surface area contributed by atoms with Gasteiger partial charge in [-0.05, 0) is 18.2 Å². The van der Waals surface area contributed by atoms with Gasteiger partial charge in [-0.1, -0.05) is 12.1 Å². The number of hydrogen-bond donors (Lipinski definition) is 1. The van der Waals surface area contributed by atoms with Gasteiger partial charge in [0.05, 0.1) is 35.3 Å². The monoisotopic (exact) mass is 264 g/mol. The summed E-state index contributed by atoms with van der Waals surface area (Å²) in [5, 5.41) is 21.8. The Balaban J connectivity index is 2.12. The van der Waals surface area contributed by atoms with E-state index in [9.17, 15) is 4.79 Å². The molecular weight excluding hydrogens is 256 g/mol. The molecule has 6 nitrogen and oxygen atoms in total. The highest BCUT2D eigenvalue weighted by atomic mass is 16.4. The van der Waals surface area contributed by atoms with E-state index in [1.807, 2.05) is 0 Å². The van der Waals surface area contributed by atoms with Crippen molar-refractivity contribution in [2.24, 2.45) is 0 Å². The summed E-state index contributed by atoms with van der Waals surface area (Å²) in [7, 11) is 0. The van der Waals surface area contributed by atoms with Gasteiger partial charge in [0, 0.05) is 5.56 Å². The molecule has 0 saturated heterocycles. The van der Waals surface area contributed by atoms with Crippen LogP contribution in [-0.2, 0) is 0 Å². The lowest BCUT2D eigenvalue weighted by atomic mass is 10.1. The lowest BCUT2D eigenvalue weighted by molar-refractivity contribution is 0.0696. The number of aromatic nitrogens is 3. The number of benzene rings is 1. The minimum atomic E-state index is -1.04. The lowest BCUT2D eigenvalue weighted by Gasteiger charge is -2.01. The maximum atomic E-state index is 10.9. The lowest BCUT2D eigenvalue weighted by Crippen LogP contribution is -2.01. The van der Waals surface area contributed by atoms with Crippen molar-refractivity contribution in [1.29, 1.82) is 5.26 Å². The summed E-state index contributed by atoms with van der Waals surface area (Å²) in [5.74, 6) is -1.04. The molecule has 3 rings (SSSR count). The number of imidazole rings is 1. The molecule has 20 heavy (non-hydrogen) atoms. The first kappa shape index (κ1) is 11.9. The molecule has 0 fully saturated rings. The van der Waals surface area contributed by atoms with E-state index < -0.39 is 5.97 Å². The second-order valence-corrected chi connectivity index (χ2v) is 4.15. The first-order chi connectivity index (χ1) is 9.69. The summed E-state index contributed by atoms with van der Waals surface area (Å²) < 4.78 is 1.56. The minimum absolute atomic E-state index is 0.0921. The molecule has 0 aliphatic heterocycles. The van der Waals surface area contributed by atoms with Crippen LogP contribution < -0.4 is 0 Å². The number of aromatic carboxylic acids is 1. The zero-order valence-electron chi connectivity index (χ0n) is 10.2. The fourth-order valence-electron chi connectivity index (χ4n) is 1.91. The zero-order valence-corrected chi connectivity index (χ0v) is 10.2. The number of nitriles is 1. The van der Waals surface area contributed by atoms with Crippen molar-refractivity contribution in [2.75, 3.05) is 0 Å². The molecule has 1 aromatic carbocycles. The highest BCUT2D eigenvalue weighted by Crippen LogP contribution is 2.20. The Morgan fingerprint density at radius 1 is 1.25 bits per heavy atom. The van der Waals surface area contributed by atoms with Gasteiger partial charge in [0.2, 0.25) is 0 Å². The second-order valence-electron chi connectivity index (χ2n) is 4.15. The smallest absolute Gasteiger partial charge is 0.337 e. The predicted molar refractivity (Wildman–Crippen MR) is 70.1 cm³/mol. The SMILES string of the molecule is N#Cc1ccc(-c2cnc3cc(C(=O)O)cnn23)cc1. The van der Waals surface area contributed by atoms with Crippen LogP contribution in [0.15, 0.2) is 42.7 Å². The Hall–Kier alpha value is -3.20. The van der Waals surface area contributed by atoms with E-state index in [0.29, 0.717) is 11.2 Å². The van der Waals surface area contributed by atoms with Gasteiger partial charge in [-0.3, -0.25) is 0 Å². The standard InChI is InChI=1S/C14H8N4O2/c15-6-9-1-3-10(4-2-9)12-8-16-13-5-11(14(19)20)7-17-18(12)13/h1-5,7-8H,(H,19,20). The Kier molecular flexibility index (Phi) is 2.66. The number of carbonyl (C=O) groups is 1. The third kappa shape index (κ3) is 1.87. The number of nitrogens with zero attached hydrogens (tertiary/aromatic N) is 4. The largest absolute Gasteiger partial charge is 0.478 e. The fraction of sp³-hybridized carbons (Fsp3) is 0. The normalized spacial score (nSPS) is 10.3. The van der Waals surface area contributed by atoms with Crippen LogP contribution in [0.25, 0.3) is 16.9 Å². The quantitative estimate of drug-likeness (QED) is 0.764. The van der Waals surface area contributed by atoms with Gasteiger partial charge in [0.1, 0.15) is 0 Å². The Morgan fingerprint density at radius 2 is 2.00 bits per heavy atom. The topological polar surface area (TPSA) is 91.3 Å². The van der Waals surface area contributed by atoms with Gasteiger partial charge in [-0.25, -0.2) is 14.3 Å². The van der Waals surface area contributed by atoms with Gasteiger partial charge in [0.15, 0.2) is 5.65 Å². The van der Waals surface area contributed by atoms with Crippen molar-refractivity contribution in [1.82, 2.24) is 14.6 Å². The van der Waals surface area contributed by atoms with Crippen LogP contribution in [-0.4, -0.2) is 25.7 Å². The van der Waals surface area contributed by atoms with Crippen molar-refractivity contribution in [3.05, 3.63) is 53.9 Å². The Labute approximate surface area is 113 Å². The molecule has 0 amide bonds. The van der Waals surface area contributed by atoms with Gasteiger partial charge >= 0.3 is 5.97 Å². The predicted octanol–water partition coefficient (Wildman–Crippen LogP) is 1.97. The highest BCUT2D eigenvalue weighted by molar-refractivity contribution is 5.88. The van der Waals surface area contributed by atoms with Crippen LogP contribution in [0.5, 0.6) is 0 Å². The molecule has 3 aromatic rings. The van der Waals surface area contributed by atoms with Crippen LogP contribution in [0, 0.1) is 11.3 Å². The van der Waals surface area contributed by atoms with Crippen molar-refractivity contribution in [3.63, 3.8) is 0 Å². The first-order valence-corrected chi connectivity index (χ1v) is 5.76. The van der Waals surface area contributed by atoms with E-state index in [0.717, 1.165) is 11.3 Å². The number of carboxylic acids is 1. The third-order valence-electron chi connectivity index (χ3n) is 2.92. The van der Waals surface area contributed by atoms with E-state index in [1.165, 1.54) is 12.3 Å². The maximum Gasteiger partial charge on any atom is 0.337 e. The summed E-state index contributed by atoms with van der Waals surface area (Å²) in [5.41, 5.74) is 2.72. The molecule has 0 saturated carbocycles. The van der Waals surface area contributed by atoms with Crippen LogP contribution >= 0.6 is 0 Å². The Bertz CT molecular complexity index is 844. The molecule has 1 N–H and O–H groups in total. The van der Waals surface area contributed by atoms with E-state index >= 15 is 0 Å². The molecule has 2 heterocycles. The molecular formula is C14H8N4O2. The average molecular weight is 264 g/mol. The van der Waals surface area contributed by atoms with Gasteiger partial charge in [0.25, 0.3) is 0 Å². The summed E-state index contributed by atoms with van der Waals surface area (Å²) >= 11 is 0. The molecule has 0 spiro atoms. The van der Waals surface area contributed by atoms with Crippen molar-refractivity contribution >= 4 is 11.6 Å². The summed E-state index contributed by atoms with van der Waals surface area (Å²) in [6.07, 6.45) is 2.90. The van der Waals surface area contributed by atoms with E-state index in [2.05, 4.69) is 16.2 Å². The number of rotatable bonds is 2. The number of hydrogen-bond acceptors (Lipinski definition) is 4. The van der Waals surface area contributed by atoms with Crippen molar-refractivity contribution in [2.45, 2.75) is 0 Å². The molecule has 0 bridgehead atoms. The van der Waals surface area contributed by atoms with E-state index in [-0.39, 0.29) is 5.56 Å². The Morgan fingerprint density at radius 3 is 2.65 bits per heavy atom. The molecule has 96 valence electrons. The summed E-state index contributed by atoms with van der Waals surface area (Å²) in [6.45, 7) is 0. The molecule has 0 aliphatic rings. The second kappa shape index (κ2) is 4.48. The molecule has 0 radical (unpaired) electrons. The van der Waals surface area contributed by atoms with Crippen molar-refractivity contribution < 1.29 is 9.90 Å². The van der Waals surface area contributed by atoms with Crippen LogP contribution in [0.2, 0.25) is 0 Å². The zero-order chi connectivity index (χ0) is 14.1. The van der Waals surface area contributed by atoms with Gasteiger partial charge in [-0.2, -0.15) is 10.4 Å². The van der Waals surface area contributed by atoms with Gasteiger partial charge < -0.3 is 5.11 Å². The highest BCUT2D eigenvalue weighted by Gasteiger charge is 2.10. The first-order valence-electron chi connectivity index (χ1n) is 5.76.